The maximum Gasteiger partial charge on any atom is 0.253 e. The minimum atomic E-state index is -0.504. The second kappa shape index (κ2) is 5.17. The third-order valence-corrected chi connectivity index (χ3v) is 2.98. The molecule has 2 nitrogen and oxygen atoms in total. The molecule has 0 amide bonds. The van der Waals surface area contributed by atoms with Crippen LogP contribution in [0.4, 0.5) is 4.39 Å². The molecule has 0 bridgehead atoms. The summed E-state index contributed by atoms with van der Waals surface area (Å²) in [5, 5.41) is 0. The first-order valence-corrected chi connectivity index (χ1v) is 6.02. The van der Waals surface area contributed by atoms with E-state index in [4.69, 9.17) is 0 Å². The number of halogens is 1. The number of rotatable bonds is 3. The summed E-state index contributed by atoms with van der Waals surface area (Å²) in [5.41, 5.74) is 1.84. The van der Waals surface area contributed by atoms with Gasteiger partial charge in [0.1, 0.15) is 0 Å². The summed E-state index contributed by atoms with van der Waals surface area (Å²) in [4.78, 5) is 11.5. The normalized spacial score (nSPS) is 10.9. The maximum absolute atomic E-state index is 13.5. The SMILES string of the molecule is CC(C)c1ccc(Cn2c(F)cccc2=O)cc1. The molecule has 0 spiro atoms. The molecule has 0 aliphatic rings. The van der Waals surface area contributed by atoms with E-state index in [1.807, 2.05) is 24.3 Å². The van der Waals surface area contributed by atoms with Crippen LogP contribution in [-0.2, 0) is 6.54 Å². The fraction of sp³-hybridized carbons (Fsp3) is 0.267. The van der Waals surface area contributed by atoms with E-state index in [1.165, 1.54) is 23.8 Å². The lowest BCUT2D eigenvalue weighted by Gasteiger charge is -2.09. The molecular weight excluding hydrogens is 229 g/mol. The van der Waals surface area contributed by atoms with Gasteiger partial charge in [-0.05, 0) is 23.1 Å². The Morgan fingerprint density at radius 3 is 2.33 bits per heavy atom. The van der Waals surface area contributed by atoms with Gasteiger partial charge in [-0.1, -0.05) is 44.2 Å². The van der Waals surface area contributed by atoms with E-state index < -0.39 is 5.95 Å². The first-order chi connectivity index (χ1) is 8.58. The topological polar surface area (TPSA) is 22.0 Å². The van der Waals surface area contributed by atoms with Gasteiger partial charge in [-0.2, -0.15) is 4.39 Å². The molecule has 0 N–H and O–H groups in total. The zero-order chi connectivity index (χ0) is 13.1. The number of hydrogen-bond acceptors (Lipinski definition) is 1. The molecule has 0 saturated heterocycles. The third kappa shape index (κ3) is 2.67. The molecule has 1 heterocycles. The van der Waals surface area contributed by atoms with Crippen LogP contribution in [0.3, 0.4) is 0 Å². The molecule has 0 atom stereocenters. The molecule has 0 aliphatic carbocycles. The van der Waals surface area contributed by atoms with E-state index in [9.17, 15) is 9.18 Å². The molecule has 1 aromatic carbocycles. The standard InChI is InChI=1S/C15H16FNO/c1-11(2)13-8-6-12(7-9-13)10-17-14(16)4-3-5-15(17)18/h3-9,11H,10H2,1-2H3. The Morgan fingerprint density at radius 1 is 1.11 bits per heavy atom. The van der Waals surface area contributed by atoms with Crippen LogP contribution < -0.4 is 5.56 Å². The van der Waals surface area contributed by atoms with Crippen molar-refractivity contribution in [3.63, 3.8) is 0 Å². The highest BCUT2D eigenvalue weighted by Crippen LogP contribution is 2.15. The highest BCUT2D eigenvalue weighted by molar-refractivity contribution is 5.25. The fourth-order valence-corrected chi connectivity index (χ4v) is 1.84. The monoisotopic (exact) mass is 245 g/mol. The van der Waals surface area contributed by atoms with Crippen molar-refractivity contribution >= 4 is 0 Å². The number of benzene rings is 1. The first kappa shape index (κ1) is 12.6. The summed E-state index contributed by atoms with van der Waals surface area (Å²) >= 11 is 0. The van der Waals surface area contributed by atoms with E-state index in [0.717, 1.165) is 10.1 Å². The number of nitrogens with zero attached hydrogens (tertiary/aromatic N) is 1. The first-order valence-electron chi connectivity index (χ1n) is 6.02. The Balaban J connectivity index is 2.27. The summed E-state index contributed by atoms with van der Waals surface area (Å²) in [6.45, 7) is 4.51. The molecule has 1 aromatic heterocycles. The van der Waals surface area contributed by atoms with E-state index in [2.05, 4.69) is 13.8 Å². The van der Waals surface area contributed by atoms with Gasteiger partial charge in [0.15, 0.2) is 5.95 Å². The minimum Gasteiger partial charge on any atom is -0.280 e. The van der Waals surface area contributed by atoms with E-state index in [1.54, 1.807) is 0 Å². The molecule has 0 fully saturated rings. The van der Waals surface area contributed by atoms with Gasteiger partial charge in [0.25, 0.3) is 5.56 Å². The molecule has 94 valence electrons. The molecule has 18 heavy (non-hydrogen) atoms. The molecule has 0 saturated carbocycles. The van der Waals surface area contributed by atoms with Gasteiger partial charge in [-0.15, -0.1) is 0 Å². The van der Waals surface area contributed by atoms with Crippen LogP contribution in [0, 0.1) is 5.95 Å². The van der Waals surface area contributed by atoms with Gasteiger partial charge in [0.05, 0.1) is 6.54 Å². The zero-order valence-electron chi connectivity index (χ0n) is 10.6. The number of hydrogen-bond donors (Lipinski definition) is 0. The molecule has 0 radical (unpaired) electrons. The fourth-order valence-electron chi connectivity index (χ4n) is 1.84. The van der Waals surface area contributed by atoms with Crippen LogP contribution in [-0.4, -0.2) is 4.57 Å². The lowest BCUT2D eigenvalue weighted by molar-refractivity contribution is 0.495. The molecule has 2 rings (SSSR count). The third-order valence-electron chi connectivity index (χ3n) is 2.98. The van der Waals surface area contributed by atoms with Crippen molar-refractivity contribution in [1.82, 2.24) is 4.57 Å². The van der Waals surface area contributed by atoms with Crippen molar-refractivity contribution in [3.05, 3.63) is 69.9 Å². The lowest BCUT2D eigenvalue weighted by Crippen LogP contribution is -2.22. The maximum atomic E-state index is 13.5. The number of aromatic nitrogens is 1. The lowest BCUT2D eigenvalue weighted by atomic mass is 10.0. The Kier molecular flexibility index (Phi) is 3.60. The molecule has 3 heteroatoms. The quantitative estimate of drug-likeness (QED) is 0.761. The Hall–Kier alpha value is -1.90. The van der Waals surface area contributed by atoms with Gasteiger partial charge >= 0.3 is 0 Å². The van der Waals surface area contributed by atoms with Crippen LogP contribution in [0.2, 0.25) is 0 Å². The zero-order valence-corrected chi connectivity index (χ0v) is 10.6. The van der Waals surface area contributed by atoms with Gasteiger partial charge in [0, 0.05) is 6.07 Å². The Morgan fingerprint density at radius 2 is 1.78 bits per heavy atom. The second-order valence-electron chi connectivity index (χ2n) is 4.67. The highest BCUT2D eigenvalue weighted by atomic mass is 19.1. The Labute approximate surface area is 106 Å². The van der Waals surface area contributed by atoms with Crippen molar-refractivity contribution in [3.8, 4) is 0 Å². The molecule has 2 aromatic rings. The van der Waals surface area contributed by atoms with Crippen molar-refractivity contribution < 1.29 is 4.39 Å². The summed E-state index contributed by atoms with van der Waals surface area (Å²) in [6, 6.07) is 12.0. The van der Waals surface area contributed by atoms with Crippen LogP contribution >= 0.6 is 0 Å². The van der Waals surface area contributed by atoms with E-state index >= 15 is 0 Å². The largest absolute Gasteiger partial charge is 0.280 e. The summed E-state index contributed by atoms with van der Waals surface area (Å²) in [6.07, 6.45) is 0. The predicted octanol–water partition coefficient (Wildman–Crippen LogP) is 3.16. The predicted molar refractivity (Wildman–Crippen MR) is 70.3 cm³/mol. The van der Waals surface area contributed by atoms with E-state index in [-0.39, 0.29) is 12.1 Å². The highest BCUT2D eigenvalue weighted by Gasteiger charge is 2.04. The summed E-state index contributed by atoms with van der Waals surface area (Å²) < 4.78 is 14.6. The van der Waals surface area contributed by atoms with Crippen molar-refractivity contribution in [1.29, 1.82) is 0 Å². The molecule has 0 aliphatic heterocycles. The number of pyridine rings is 1. The average molecular weight is 245 g/mol. The Bertz CT molecular complexity index is 584. The van der Waals surface area contributed by atoms with Gasteiger partial charge in [-0.3, -0.25) is 9.36 Å². The molecule has 0 unspecified atom stereocenters. The molecular formula is C15H16FNO. The van der Waals surface area contributed by atoms with E-state index in [0.29, 0.717) is 5.92 Å². The van der Waals surface area contributed by atoms with Gasteiger partial charge < -0.3 is 0 Å². The summed E-state index contributed by atoms with van der Waals surface area (Å²) in [5.74, 6) is -0.0364. The van der Waals surface area contributed by atoms with Gasteiger partial charge in [0.2, 0.25) is 0 Å². The van der Waals surface area contributed by atoms with Crippen LogP contribution in [0.25, 0.3) is 0 Å². The van der Waals surface area contributed by atoms with Gasteiger partial charge in [-0.25, -0.2) is 0 Å². The smallest absolute Gasteiger partial charge is 0.253 e. The van der Waals surface area contributed by atoms with Crippen LogP contribution in [0.15, 0.2) is 47.3 Å². The average Bonchev–Trinajstić information content (AvgIpc) is 2.34. The van der Waals surface area contributed by atoms with Crippen molar-refractivity contribution in [2.24, 2.45) is 0 Å². The van der Waals surface area contributed by atoms with Crippen LogP contribution in [0.1, 0.15) is 30.9 Å². The van der Waals surface area contributed by atoms with Crippen molar-refractivity contribution in [2.75, 3.05) is 0 Å². The van der Waals surface area contributed by atoms with Crippen molar-refractivity contribution in [2.45, 2.75) is 26.3 Å². The second-order valence-corrected chi connectivity index (χ2v) is 4.67. The minimum absolute atomic E-state index is 0.268. The van der Waals surface area contributed by atoms with Crippen LogP contribution in [0.5, 0.6) is 0 Å². The summed E-state index contributed by atoms with van der Waals surface area (Å²) in [7, 11) is 0.